The van der Waals surface area contributed by atoms with Crippen LogP contribution in [0.5, 0.6) is 0 Å². The van der Waals surface area contributed by atoms with E-state index in [4.69, 9.17) is 8.85 Å². The molecule has 2 unspecified atom stereocenters. The molecule has 0 saturated heterocycles. The van der Waals surface area contributed by atoms with E-state index >= 15 is 0 Å². The topological polar surface area (TPSA) is 21.7 Å². The van der Waals surface area contributed by atoms with Crippen LogP contribution in [0.4, 0.5) is 0 Å². The van der Waals surface area contributed by atoms with Crippen molar-refractivity contribution in [3.05, 3.63) is 0 Å². The third-order valence-corrected chi connectivity index (χ3v) is 10.7. The van der Waals surface area contributed by atoms with Crippen LogP contribution >= 0.6 is 0 Å². The van der Waals surface area contributed by atoms with Crippen molar-refractivity contribution in [1.82, 2.24) is 4.90 Å². The fourth-order valence-electron chi connectivity index (χ4n) is 3.78. The third kappa shape index (κ3) is 7.28. The molecule has 0 aliphatic heterocycles. The molecule has 0 bridgehead atoms. The molecule has 1 aliphatic rings. The van der Waals surface area contributed by atoms with E-state index in [1.165, 1.54) is 32.1 Å². The maximum absolute atomic E-state index is 6.54. The lowest BCUT2D eigenvalue weighted by Crippen LogP contribution is -2.53. The number of hydrogen-bond donors (Lipinski definition) is 0. The van der Waals surface area contributed by atoms with Crippen LogP contribution in [-0.2, 0) is 8.85 Å². The fraction of sp³-hybridized carbons (Fsp3) is 1.00. The average Bonchev–Trinajstić information content (AvgIpc) is 2.47. The molecule has 24 heavy (non-hydrogen) atoms. The van der Waals surface area contributed by atoms with Gasteiger partial charge in [0.1, 0.15) is 0 Å². The zero-order valence-corrected chi connectivity index (χ0v) is 19.8. The maximum atomic E-state index is 6.54. The van der Waals surface area contributed by atoms with E-state index in [0.29, 0.717) is 5.73 Å². The molecule has 1 fully saturated rings. The Morgan fingerprint density at radius 1 is 1.17 bits per heavy atom. The lowest BCUT2D eigenvalue weighted by molar-refractivity contribution is 0.0612. The van der Waals surface area contributed by atoms with Crippen LogP contribution in [0.2, 0.25) is 25.7 Å². The summed E-state index contributed by atoms with van der Waals surface area (Å²) < 4.78 is 12.8. The summed E-state index contributed by atoms with van der Waals surface area (Å²) in [5.74, 6) is 0. The first-order valence-electron chi connectivity index (χ1n) is 10.2. The molecule has 0 amide bonds. The van der Waals surface area contributed by atoms with E-state index in [0.717, 1.165) is 25.2 Å². The molecule has 2 atom stereocenters. The Balaban J connectivity index is 2.75. The summed E-state index contributed by atoms with van der Waals surface area (Å²) in [4.78, 5) is 2.75. The third-order valence-electron chi connectivity index (χ3n) is 5.51. The molecule has 0 aromatic carbocycles. The Bertz CT molecular complexity index is 354. The summed E-state index contributed by atoms with van der Waals surface area (Å²) in [5.41, 5.74) is 0.632. The van der Waals surface area contributed by atoms with Gasteiger partial charge >= 0.3 is 8.56 Å². The average molecular weight is 374 g/mol. The van der Waals surface area contributed by atoms with Crippen LogP contribution in [0.1, 0.15) is 66.7 Å². The van der Waals surface area contributed by atoms with Gasteiger partial charge in [0.25, 0.3) is 0 Å². The van der Waals surface area contributed by atoms with E-state index in [2.05, 4.69) is 59.2 Å². The molecule has 1 saturated carbocycles. The van der Waals surface area contributed by atoms with Crippen LogP contribution < -0.4 is 0 Å². The minimum Gasteiger partial charge on any atom is -0.395 e. The van der Waals surface area contributed by atoms with E-state index < -0.39 is 17.4 Å². The predicted octanol–water partition coefficient (Wildman–Crippen LogP) is 4.96. The number of hydrogen-bond acceptors (Lipinski definition) is 3. The molecule has 0 N–H and O–H groups in total. The van der Waals surface area contributed by atoms with Gasteiger partial charge < -0.3 is 8.85 Å². The molecule has 3 nitrogen and oxygen atoms in total. The van der Waals surface area contributed by atoms with Crippen LogP contribution in [0, 0.1) is 0 Å². The van der Waals surface area contributed by atoms with Crippen molar-refractivity contribution in [2.75, 3.05) is 13.2 Å². The highest BCUT2D eigenvalue weighted by atomic mass is 28.4. The van der Waals surface area contributed by atoms with Crippen molar-refractivity contribution in [3.63, 3.8) is 0 Å². The van der Waals surface area contributed by atoms with Gasteiger partial charge in [-0.3, -0.25) is 4.90 Å². The number of nitrogens with zero attached hydrogens (tertiary/aromatic N) is 1. The predicted molar refractivity (Wildman–Crippen MR) is 111 cm³/mol. The first-order chi connectivity index (χ1) is 11.1. The molecule has 0 spiro atoms. The zero-order chi connectivity index (χ0) is 18.4. The highest BCUT2D eigenvalue weighted by molar-refractivity contribution is 6.67. The minimum absolute atomic E-state index is 0.224. The molecule has 0 heterocycles. The van der Waals surface area contributed by atoms with Gasteiger partial charge in [-0.2, -0.15) is 0 Å². The van der Waals surface area contributed by atoms with E-state index in [1.807, 2.05) is 0 Å². The van der Waals surface area contributed by atoms with Crippen LogP contribution in [0.15, 0.2) is 0 Å². The van der Waals surface area contributed by atoms with Gasteiger partial charge in [-0.1, -0.05) is 32.4 Å². The normalized spacial score (nSPS) is 21.2. The van der Waals surface area contributed by atoms with Crippen molar-refractivity contribution in [3.8, 4) is 0 Å². The number of rotatable bonds is 9. The van der Waals surface area contributed by atoms with Crippen molar-refractivity contribution >= 4 is 17.4 Å². The van der Waals surface area contributed by atoms with Crippen LogP contribution in [0.25, 0.3) is 0 Å². The molecular formula is C19H43NO2Si2. The van der Waals surface area contributed by atoms with E-state index in [-0.39, 0.29) is 5.54 Å². The largest absolute Gasteiger partial charge is 0.395 e. The maximum Gasteiger partial charge on any atom is 0.336 e. The van der Waals surface area contributed by atoms with Gasteiger partial charge in [0.2, 0.25) is 0 Å². The smallest absolute Gasteiger partial charge is 0.336 e. The zero-order valence-electron chi connectivity index (χ0n) is 17.7. The highest BCUT2D eigenvalue weighted by Gasteiger charge is 2.37. The standard InChI is InChI=1S/C19H43NO2Si2/c1-9-21-24(8,22-17(2)23(6)7)16-15-20(19(3,4)5)18-13-11-10-12-14-18/h17-18,23H,9-16H2,1-8H3. The second-order valence-corrected chi connectivity index (χ2v) is 15.8. The molecular weight excluding hydrogens is 330 g/mol. The van der Waals surface area contributed by atoms with Gasteiger partial charge in [0.15, 0.2) is 0 Å². The van der Waals surface area contributed by atoms with E-state index in [9.17, 15) is 0 Å². The summed E-state index contributed by atoms with van der Waals surface area (Å²) in [6.45, 7) is 20.4. The lowest BCUT2D eigenvalue weighted by Gasteiger charge is -2.44. The molecule has 144 valence electrons. The summed E-state index contributed by atoms with van der Waals surface area (Å²) in [7, 11) is -2.87. The lowest BCUT2D eigenvalue weighted by atomic mass is 9.91. The monoisotopic (exact) mass is 373 g/mol. The Kier molecular flexibility index (Phi) is 9.18. The Labute approximate surface area is 154 Å². The molecule has 0 radical (unpaired) electrons. The SMILES string of the molecule is CCO[Si](C)(CCN(C1CCCCC1)C(C)(C)C)OC(C)[SiH](C)C. The molecule has 0 aromatic rings. The summed E-state index contributed by atoms with van der Waals surface area (Å²) in [6.07, 6.45) is 6.92. The molecule has 1 rings (SSSR count). The second kappa shape index (κ2) is 9.86. The first-order valence-corrected chi connectivity index (χ1v) is 15.7. The molecule has 0 aromatic heterocycles. The van der Waals surface area contributed by atoms with Crippen LogP contribution in [-0.4, -0.2) is 52.7 Å². The van der Waals surface area contributed by atoms with Gasteiger partial charge in [-0.05, 0) is 54.0 Å². The molecule has 1 aliphatic carbocycles. The Morgan fingerprint density at radius 2 is 1.75 bits per heavy atom. The van der Waals surface area contributed by atoms with Crippen molar-refractivity contribution in [2.24, 2.45) is 0 Å². The van der Waals surface area contributed by atoms with Crippen molar-refractivity contribution < 1.29 is 8.85 Å². The van der Waals surface area contributed by atoms with Gasteiger partial charge in [0, 0.05) is 36.5 Å². The minimum atomic E-state index is -2.09. The quantitative estimate of drug-likeness (QED) is 0.533. The van der Waals surface area contributed by atoms with Gasteiger partial charge in [-0.15, -0.1) is 0 Å². The van der Waals surface area contributed by atoms with Crippen molar-refractivity contribution in [2.45, 2.75) is 110 Å². The summed E-state index contributed by atoms with van der Waals surface area (Å²) >= 11 is 0. The molecule has 5 heteroatoms. The Morgan fingerprint density at radius 3 is 2.21 bits per heavy atom. The summed E-state index contributed by atoms with van der Waals surface area (Å²) in [5, 5.41) is 0. The Hall–Kier alpha value is 0.314. The van der Waals surface area contributed by atoms with Crippen molar-refractivity contribution in [1.29, 1.82) is 0 Å². The fourth-order valence-corrected chi connectivity index (χ4v) is 8.11. The van der Waals surface area contributed by atoms with Gasteiger partial charge in [-0.25, -0.2) is 0 Å². The first kappa shape index (κ1) is 22.4. The second-order valence-electron chi connectivity index (χ2n) is 9.04. The van der Waals surface area contributed by atoms with Crippen LogP contribution in [0.3, 0.4) is 0 Å². The highest BCUT2D eigenvalue weighted by Crippen LogP contribution is 2.30. The van der Waals surface area contributed by atoms with E-state index in [1.54, 1.807) is 0 Å². The summed E-state index contributed by atoms with van der Waals surface area (Å²) in [6, 6.07) is 1.83. The van der Waals surface area contributed by atoms with Gasteiger partial charge in [0.05, 0.1) is 8.80 Å².